The Balaban J connectivity index is 1.38. The predicted octanol–water partition coefficient (Wildman–Crippen LogP) is -1.49. The van der Waals surface area contributed by atoms with Crippen molar-refractivity contribution in [1.82, 2.24) is 25.1 Å². The summed E-state index contributed by atoms with van der Waals surface area (Å²) < 4.78 is 5.39. The van der Waals surface area contributed by atoms with Crippen LogP contribution in [0, 0.1) is 0 Å². The highest BCUT2D eigenvalue weighted by Crippen LogP contribution is 2.13. The van der Waals surface area contributed by atoms with Crippen LogP contribution in [0.3, 0.4) is 0 Å². The SMILES string of the molecule is CN1NC(N2CCN(CCN3CCOCC3)CC2)=CC1N. The van der Waals surface area contributed by atoms with Gasteiger partial charge in [0, 0.05) is 59.4 Å². The molecular weight excluding hydrogens is 268 g/mol. The quantitative estimate of drug-likeness (QED) is 0.655. The van der Waals surface area contributed by atoms with E-state index in [0.717, 1.165) is 64.8 Å². The fraction of sp³-hybridized carbons (Fsp3) is 0.857. The molecule has 0 aromatic rings. The van der Waals surface area contributed by atoms with E-state index in [1.54, 1.807) is 0 Å². The topological polar surface area (TPSA) is 60.2 Å². The monoisotopic (exact) mass is 296 g/mol. The molecule has 2 fully saturated rings. The van der Waals surface area contributed by atoms with Gasteiger partial charge < -0.3 is 20.8 Å². The van der Waals surface area contributed by atoms with Crippen LogP contribution in [0.15, 0.2) is 11.9 Å². The molecular formula is C14H28N6O. The molecule has 7 heteroatoms. The summed E-state index contributed by atoms with van der Waals surface area (Å²) in [6.07, 6.45) is 2.09. The van der Waals surface area contributed by atoms with Crippen molar-refractivity contribution in [3.05, 3.63) is 11.9 Å². The van der Waals surface area contributed by atoms with Crippen LogP contribution in [-0.4, -0.2) is 98.5 Å². The van der Waals surface area contributed by atoms with E-state index in [9.17, 15) is 0 Å². The summed E-state index contributed by atoms with van der Waals surface area (Å²) in [6.45, 7) is 10.7. The number of morpholine rings is 1. The van der Waals surface area contributed by atoms with Gasteiger partial charge in [-0.3, -0.25) is 9.80 Å². The number of nitrogens with one attached hydrogen (secondary N) is 1. The summed E-state index contributed by atoms with van der Waals surface area (Å²) in [4.78, 5) is 7.46. The van der Waals surface area contributed by atoms with E-state index in [1.165, 1.54) is 6.54 Å². The molecule has 120 valence electrons. The number of likely N-dealkylation sites (N-methyl/N-ethyl adjacent to an activating group) is 1. The average molecular weight is 296 g/mol. The van der Waals surface area contributed by atoms with E-state index in [4.69, 9.17) is 10.5 Å². The van der Waals surface area contributed by atoms with Crippen LogP contribution >= 0.6 is 0 Å². The third-order valence-electron chi connectivity index (χ3n) is 4.62. The number of hydrogen-bond acceptors (Lipinski definition) is 7. The molecule has 3 N–H and O–H groups in total. The first-order valence-electron chi connectivity index (χ1n) is 7.97. The zero-order valence-corrected chi connectivity index (χ0v) is 13.0. The van der Waals surface area contributed by atoms with Crippen molar-refractivity contribution in [2.45, 2.75) is 6.17 Å². The van der Waals surface area contributed by atoms with Gasteiger partial charge in [0.15, 0.2) is 0 Å². The summed E-state index contributed by atoms with van der Waals surface area (Å²) in [5, 5.41) is 1.94. The zero-order chi connectivity index (χ0) is 14.7. The van der Waals surface area contributed by atoms with Crippen molar-refractivity contribution in [2.24, 2.45) is 5.73 Å². The third-order valence-corrected chi connectivity index (χ3v) is 4.62. The summed E-state index contributed by atoms with van der Waals surface area (Å²) in [7, 11) is 1.98. The molecule has 1 atom stereocenters. The predicted molar refractivity (Wildman–Crippen MR) is 82.2 cm³/mol. The molecule has 3 rings (SSSR count). The minimum Gasteiger partial charge on any atom is -0.379 e. The van der Waals surface area contributed by atoms with Gasteiger partial charge in [0.05, 0.1) is 19.4 Å². The van der Waals surface area contributed by atoms with Crippen LogP contribution in [0.5, 0.6) is 0 Å². The van der Waals surface area contributed by atoms with Gasteiger partial charge in [-0.15, -0.1) is 0 Å². The molecule has 0 amide bonds. The Labute approximate surface area is 127 Å². The molecule has 1 unspecified atom stereocenters. The number of nitrogens with two attached hydrogens (primary N) is 1. The van der Waals surface area contributed by atoms with Crippen LogP contribution in [-0.2, 0) is 4.74 Å². The van der Waals surface area contributed by atoms with E-state index in [0.29, 0.717) is 0 Å². The standard InChI is InChI=1S/C14H28N6O/c1-17-13(15)12-14(16-17)20-6-4-18(5-7-20)2-3-19-8-10-21-11-9-19/h12-13,16H,2-11,15H2,1H3. The Kier molecular flexibility index (Phi) is 4.97. The maximum Gasteiger partial charge on any atom is 0.115 e. The number of nitrogens with zero attached hydrogens (tertiary/aromatic N) is 4. The summed E-state index contributed by atoms with van der Waals surface area (Å²) in [5.41, 5.74) is 9.29. The van der Waals surface area contributed by atoms with E-state index in [2.05, 4.69) is 26.2 Å². The molecule has 21 heavy (non-hydrogen) atoms. The Morgan fingerprint density at radius 1 is 1.10 bits per heavy atom. The second-order valence-electron chi connectivity index (χ2n) is 6.05. The van der Waals surface area contributed by atoms with Crippen LogP contribution in [0.1, 0.15) is 0 Å². The van der Waals surface area contributed by atoms with Crippen LogP contribution in [0.25, 0.3) is 0 Å². The average Bonchev–Trinajstić information content (AvgIpc) is 2.86. The van der Waals surface area contributed by atoms with E-state index < -0.39 is 0 Å². The Morgan fingerprint density at radius 2 is 1.71 bits per heavy atom. The van der Waals surface area contributed by atoms with Crippen molar-refractivity contribution < 1.29 is 4.74 Å². The molecule has 2 saturated heterocycles. The summed E-state index contributed by atoms with van der Waals surface area (Å²) in [6, 6.07) is 0. The van der Waals surface area contributed by atoms with Gasteiger partial charge in [-0.2, -0.15) is 0 Å². The lowest BCUT2D eigenvalue weighted by Gasteiger charge is -2.38. The molecule has 0 saturated carbocycles. The number of hydrazine groups is 1. The van der Waals surface area contributed by atoms with Crippen LogP contribution in [0.2, 0.25) is 0 Å². The minimum absolute atomic E-state index is 0.0145. The molecule has 3 aliphatic heterocycles. The first-order chi connectivity index (χ1) is 10.2. The second-order valence-corrected chi connectivity index (χ2v) is 6.05. The minimum atomic E-state index is -0.0145. The van der Waals surface area contributed by atoms with Gasteiger partial charge in [-0.1, -0.05) is 0 Å². The maximum atomic E-state index is 5.97. The van der Waals surface area contributed by atoms with Gasteiger partial charge in [-0.25, -0.2) is 5.01 Å². The molecule has 7 nitrogen and oxygen atoms in total. The molecule has 0 aromatic heterocycles. The number of piperazine rings is 1. The molecule has 0 aromatic carbocycles. The number of ether oxygens (including phenoxy) is 1. The van der Waals surface area contributed by atoms with Crippen molar-refractivity contribution in [3.63, 3.8) is 0 Å². The Hall–Kier alpha value is -0.860. The summed E-state index contributed by atoms with van der Waals surface area (Å²) >= 11 is 0. The van der Waals surface area contributed by atoms with Crippen molar-refractivity contribution in [2.75, 3.05) is 72.6 Å². The van der Waals surface area contributed by atoms with Crippen LogP contribution < -0.4 is 11.2 Å². The smallest absolute Gasteiger partial charge is 0.115 e. The Morgan fingerprint density at radius 3 is 2.29 bits per heavy atom. The van der Waals surface area contributed by atoms with Gasteiger partial charge in [0.2, 0.25) is 0 Å². The summed E-state index contributed by atoms with van der Waals surface area (Å²) in [5.74, 6) is 1.16. The highest BCUT2D eigenvalue weighted by molar-refractivity contribution is 5.09. The van der Waals surface area contributed by atoms with Crippen molar-refractivity contribution in [1.29, 1.82) is 0 Å². The van der Waals surface area contributed by atoms with Gasteiger partial charge in [0.1, 0.15) is 5.82 Å². The van der Waals surface area contributed by atoms with Crippen molar-refractivity contribution >= 4 is 0 Å². The number of hydrogen-bond donors (Lipinski definition) is 2. The van der Waals surface area contributed by atoms with E-state index >= 15 is 0 Å². The lowest BCUT2D eigenvalue weighted by molar-refractivity contribution is 0.0305. The van der Waals surface area contributed by atoms with Crippen molar-refractivity contribution in [3.8, 4) is 0 Å². The molecule has 0 aliphatic carbocycles. The van der Waals surface area contributed by atoms with Gasteiger partial charge >= 0.3 is 0 Å². The molecule has 0 radical (unpaired) electrons. The third kappa shape index (κ3) is 3.87. The lowest BCUT2D eigenvalue weighted by atomic mass is 10.3. The van der Waals surface area contributed by atoms with E-state index in [-0.39, 0.29) is 6.17 Å². The molecule has 0 spiro atoms. The zero-order valence-electron chi connectivity index (χ0n) is 13.0. The van der Waals surface area contributed by atoms with E-state index in [1.807, 2.05) is 12.1 Å². The fourth-order valence-corrected chi connectivity index (χ4v) is 3.06. The molecule has 0 bridgehead atoms. The second kappa shape index (κ2) is 6.93. The Bertz CT molecular complexity index is 362. The maximum absolute atomic E-state index is 5.97. The highest BCUT2D eigenvalue weighted by atomic mass is 16.5. The highest BCUT2D eigenvalue weighted by Gasteiger charge is 2.25. The lowest BCUT2D eigenvalue weighted by Crippen LogP contribution is -2.50. The molecule has 3 heterocycles. The first kappa shape index (κ1) is 15.1. The van der Waals surface area contributed by atoms with Gasteiger partial charge in [0.25, 0.3) is 0 Å². The van der Waals surface area contributed by atoms with Gasteiger partial charge in [-0.05, 0) is 6.08 Å². The molecule has 3 aliphatic rings. The number of rotatable bonds is 4. The fourth-order valence-electron chi connectivity index (χ4n) is 3.06. The largest absolute Gasteiger partial charge is 0.379 e. The van der Waals surface area contributed by atoms with Crippen LogP contribution in [0.4, 0.5) is 0 Å². The normalized spacial score (nSPS) is 29.5. The first-order valence-corrected chi connectivity index (χ1v) is 7.97.